The van der Waals surface area contributed by atoms with E-state index in [-0.39, 0.29) is 24.4 Å². The summed E-state index contributed by atoms with van der Waals surface area (Å²) in [7, 11) is 5.16. The number of benzene rings is 3. The van der Waals surface area contributed by atoms with E-state index in [0.717, 1.165) is 41.0 Å². The largest absolute Gasteiger partial charge is 0.497 e. The number of likely N-dealkylation sites (N-methyl/N-ethyl adjacent to an activating group) is 1. The number of nitrogens with zero attached hydrogens (tertiary/aromatic N) is 1. The highest BCUT2D eigenvalue weighted by atomic mass is 16.5. The Morgan fingerprint density at radius 2 is 1.39 bits per heavy atom. The van der Waals surface area contributed by atoms with Crippen LogP contribution in [0.15, 0.2) is 72.8 Å². The normalized spacial score (nSPS) is 12.9. The molecule has 3 aromatic rings. The summed E-state index contributed by atoms with van der Waals surface area (Å²) >= 11 is 0. The van der Waals surface area contributed by atoms with Gasteiger partial charge in [0, 0.05) is 18.2 Å². The van der Waals surface area contributed by atoms with E-state index in [2.05, 4.69) is 10.6 Å². The van der Waals surface area contributed by atoms with Crippen molar-refractivity contribution in [2.24, 2.45) is 0 Å². The van der Waals surface area contributed by atoms with Gasteiger partial charge in [-0.1, -0.05) is 36.4 Å². The highest BCUT2D eigenvalue weighted by Gasteiger charge is 2.23. The molecule has 0 spiro atoms. The number of carbonyl (C=O) groups is 2. The molecule has 1 aliphatic carbocycles. The lowest BCUT2D eigenvalue weighted by Gasteiger charge is -2.23. The molecule has 7 nitrogen and oxygen atoms in total. The van der Waals surface area contributed by atoms with Crippen LogP contribution in [0.2, 0.25) is 0 Å². The first-order valence-electron chi connectivity index (χ1n) is 12.1. The monoisotopic (exact) mass is 487 g/mol. The summed E-state index contributed by atoms with van der Waals surface area (Å²) in [4.78, 5) is 27.2. The third-order valence-corrected chi connectivity index (χ3v) is 6.20. The van der Waals surface area contributed by atoms with Crippen LogP contribution in [0.25, 0.3) is 0 Å². The number of methoxy groups -OCH3 is 2. The molecule has 3 aromatic carbocycles. The lowest BCUT2D eigenvalue weighted by atomic mass is 9.98. The molecule has 0 bridgehead atoms. The van der Waals surface area contributed by atoms with E-state index in [1.165, 1.54) is 0 Å². The molecule has 2 N–H and O–H groups in total. The Labute approximate surface area is 212 Å². The predicted octanol–water partition coefficient (Wildman–Crippen LogP) is 3.93. The summed E-state index contributed by atoms with van der Waals surface area (Å²) < 4.78 is 10.6. The number of ether oxygens (including phenoxy) is 2. The molecule has 7 heteroatoms. The van der Waals surface area contributed by atoms with E-state index in [4.69, 9.17) is 9.47 Å². The Kier molecular flexibility index (Phi) is 8.23. The van der Waals surface area contributed by atoms with Gasteiger partial charge < -0.3 is 20.1 Å². The van der Waals surface area contributed by atoms with Gasteiger partial charge in [-0.2, -0.15) is 0 Å². The maximum absolute atomic E-state index is 13.0. The fourth-order valence-electron chi connectivity index (χ4n) is 4.03. The van der Waals surface area contributed by atoms with Gasteiger partial charge in [-0.25, -0.2) is 0 Å². The van der Waals surface area contributed by atoms with E-state index in [1.54, 1.807) is 14.2 Å². The number of hydrogen-bond acceptors (Lipinski definition) is 5. The fourth-order valence-corrected chi connectivity index (χ4v) is 4.03. The standard InChI is InChI=1S/C29H33N3O4/c1-32(18-20-4-6-23(7-5-20)29(34)30-24-12-13-24)19-27(33)31-28(21-8-14-25(35-2)15-9-21)22-10-16-26(36-3)17-11-22/h4-11,14-17,24,28H,12-13,18-19H2,1-3H3,(H,30,34)(H,31,33). The van der Waals surface area contributed by atoms with Gasteiger partial charge in [0.05, 0.1) is 26.8 Å². The predicted molar refractivity (Wildman–Crippen MR) is 139 cm³/mol. The SMILES string of the molecule is COc1ccc(C(NC(=O)CN(C)Cc2ccc(C(=O)NC3CC3)cc2)c2ccc(OC)cc2)cc1. The van der Waals surface area contributed by atoms with Crippen LogP contribution in [0.1, 0.15) is 45.9 Å². The molecule has 2 amide bonds. The zero-order valence-corrected chi connectivity index (χ0v) is 21.0. The summed E-state index contributed by atoms with van der Waals surface area (Å²) in [5, 5.41) is 6.17. The van der Waals surface area contributed by atoms with Crippen LogP contribution in [0.4, 0.5) is 0 Å². The lowest BCUT2D eigenvalue weighted by Crippen LogP contribution is -2.37. The molecular weight excluding hydrogens is 454 g/mol. The maximum atomic E-state index is 13.0. The zero-order valence-electron chi connectivity index (χ0n) is 21.0. The first-order chi connectivity index (χ1) is 17.4. The molecule has 0 atom stereocenters. The Hall–Kier alpha value is -3.84. The van der Waals surface area contributed by atoms with E-state index >= 15 is 0 Å². The van der Waals surface area contributed by atoms with Crippen molar-refractivity contribution in [2.45, 2.75) is 31.5 Å². The maximum Gasteiger partial charge on any atom is 0.251 e. The fraction of sp³-hybridized carbons (Fsp3) is 0.310. The molecule has 4 rings (SSSR count). The highest BCUT2D eigenvalue weighted by molar-refractivity contribution is 5.94. The molecule has 0 radical (unpaired) electrons. The van der Waals surface area contributed by atoms with Gasteiger partial charge in [0.1, 0.15) is 11.5 Å². The second kappa shape index (κ2) is 11.7. The van der Waals surface area contributed by atoms with Crippen molar-refractivity contribution in [3.63, 3.8) is 0 Å². The minimum absolute atomic E-state index is 0.0279. The second-order valence-corrected chi connectivity index (χ2v) is 9.16. The van der Waals surface area contributed by atoms with Crippen molar-refractivity contribution in [3.8, 4) is 11.5 Å². The third-order valence-electron chi connectivity index (χ3n) is 6.20. The Morgan fingerprint density at radius 1 is 0.861 bits per heavy atom. The summed E-state index contributed by atoms with van der Waals surface area (Å²) in [5.74, 6) is 1.40. The first-order valence-corrected chi connectivity index (χ1v) is 12.1. The van der Waals surface area contributed by atoms with Gasteiger partial charge in [0.25, 0.3) is 5.91 Å². The van der Waals surface area contributed by atoms with Gasteiger partial charge in [0.15, 0.2) is 0 Å². The minimum Gasteiger partial charge on any atom is -0.497 e. The average Bonchev–Trinajstić information content (AvgIpc) is 3.72. The van der Waals surface area contributed by atoms with Gasteiger partial charge >= 0.3 is 0 Å². The van der Waals surface area contributed by atoms with Gasteiger partial charge in [-0.05, 0) is 73.0 Å². The van der Waals surface area contributed by atoms with Crippen molar-refractivity contribution >= 4 is 11.8 Å². The first kappa shape index (κ1) is 25.3. The lowest BCUT2D eigenvalue weighted by molar-refractivity contribution is -0.122. The minimum atomic E-state index is -0.313. The quantitative estimate of drug-likeness (QED) is 0.428. The number of amides is 2. The molecule has 1 saturated carbocycles. The van der Waals surface area contributed by atoms with Gasteiger partial charge in [0.2, 0.25) is 5.91 Å². The van der Waals surface area contributed by atoms with Crippen LogP contribution in [-0.2, 0) is 11.3 Å². The van der Waals surface area contributed by atoms with Crippen LogP contribution in [0.5, 0.6) is 11.5 Å². The molecule has 1 aliphatic rings. The zero-order chi connectivity index (χ0) is 25.5. The molecule has 0 heterocycles. The van der Waals surface area contributed by atoms with Crippen molar-refractivity contribution in [1.29, 1.82) is 0 Å². The summed E-state index contributed by atoms with van der Waals surface area (Å²) in [5.41, 5.74) is 3.61. The second-order valence-electron chi connectivity index (χ2n) is 9.16. The Balaban J connectivity index is 1.39. The van der Waals surface area contributed by atoms with Gasteiger partial charge in [-0.3, -0.25) is 14.5 Å². The van der Waals surface area contributed by atoms with Crippen molar-refractivity contribution in [3.05, 3.63) is 95.1 Å². The van der Waals surface area contributed by atoms with Gasteiger partial charge in [-0.15, -0.1) is 0 Å². The van der Waals surface area contributed by atoms with Crippen LogP contribution in [0.3, 0.4) is 0 Å². The van der Waals surface area contributed by atoms with E-state index in [0.29, 0.717) is 18.2 Å². The summed E-state index contributed by atoms with van der Waals surface area (Å²) in [6, 6.07) is 23.0. The van der Waals surface area contributed by atoms with E-state index < -0.39 is 0 Å². The smallest absolute Gasteiger partial charge is 0.251 e. The third kappa shape index (κ3) is 6.86. The summed E-state index contributed by atoms with van der Waals surface area (Å²) in [6.45, 7) is 0.820. The van der Waals surface area contributed by atoms with Crippen molar-refractivity contribution in [2.75, 3.05) is 27.8 Å². The van der Waals surface area contributed by atoms with Crippen LogP contribution >= 0.6 is 0 Å². The van der Waals surface area contributed by atoms with E-state index in [9.17, 15) is 9.59 Å². The number of rotatable bonds is 11. The number of nitrogens with one attached hydrogen (secondary N) is 2. The average molecular weight is 488 g/mol. The number of carbonyl (C=O) groups excluding carboxylic acids is 2. The molecule has 0 aliphatic heterocycles. The van der Waals surface area contributed by atoms with Crippen LogP contribution < -0.4 is 20.1 Å². The van der Waals surface area contributed by atoms with Crippen LogP contribution in [-0.4, -0.2) is 50.6 Å². The molecule has 0 aromatic heterocycles. The molecule has 1 fully saturated rings. The summed E-state index contributed by atoms with van der Waals surface area (Å²) in [6.07, 6.45) is 2.13. The molecule has 36 heavy (non-hydrogen) atoms. The number of hydrogen-bond donors (Lipinski definition) is 2. The Bertz CT molecular complexity index is 1110. The van der Waals surface area contributed by atoms with Crippen LogP contribution in [0, 0.1) is 0 Å². The molecular formula is C29H33N3O4. The van der Waals surface area contributed by atoms with E-state index in [1.807, 2.05) is 84.7 Å². The highest BCUT2D eigenvalue weighted by Crippen LogP contribution is 2.26. The van der Waals surface area contributed by atoms with Crippen molar-refractivity contribution < 1.29 is 19.1 Å². The topological polar surface area (TPSA) is 79.9 Å². The Morgan fingerprint density at radius 3 is 1.86 bits per heavy atom. The van der Waals surface area contributed by atoms with Crippen molar-refractivity contribution in [1.82, 2.24) is 15.5 Å². The molecule has 188 valence electrons. The molecule has 0 unspecified atom stereocenters. The molecule has 0 saturated heterocycles.